The number of benzene rings is 1. The molecule has 7 nitrogen and oxygen atoms in total. The first kappa shape index (κ1) is 25.4. The molecule has 0 radical (unpaired) electrons. The summed E-state index contributed by atoms with van der Waals surface area (Å²) in [6.07, 6.45) is -3.86. The highest BCUT2D eigenvalue weighted by Gasteiger charge is 2.35. The van der Waals surface area contributed by atoms with E-state index in [9.17, 15) is 18.0 Å². The Kier molecular flexibility index (Phi) is 8.82. The molecule has 0 unspecified atom stereocenters. The van der Waals surface area contributed by atoms with Crippen molar-refractivity contribution in [2.24, 2.45) is 0 Å². The molecule has 2 aromatic rings. The number of aromatic nitrogens is 2. The lowest BCUT2D eigenvalue weighted by atomic mass is 10.1. The Morgan fingerprint density at radius 1 is 1.06 bits per heavy atom. The molecule has 10 heteroatoms. The van der Waals surface area contributed by atoms with Crippen molar-refractivity contribution in [1.29, 1.82) is 0 Å². The van der Waals surface area contributed by atoms with Gasteiger partial charge in [-0.05, 0) is 45.4 Å². The van der Waals surface area contributed by atoms with Gasteiger partial charge in [-0.1, -0.05) is 12.1 Å². The molecule has 1 aromatic carbocycles. The monoisotopic (exact) mass is 452 g/mol. The van der Waals surface area contributed by atoms with Gasteiger partial charge < -0.3 is 16.0 Å². The van der Waals surface area contributed by atoms with Gasteiger partial charge in [-0.3, -0.25) is 9.69 Å². The number of anilines is 3. The lowest BCUT2D eigenvalue weighted by Gasteiger charge is -2.30. The van der Waals surface area contributed by atoms with Gasteiger partial charge in [0.2, 0.25) is 11.9 Å². The van der Waals surface area contributed by atoms with Gasteiger partial charge in [0.15, 0.2) is 0 Å². The van der Waals surface area contributed by atoms with Crippen LogP contribution in [0.3, 0.4) is 0 Å². The Hall–Kier alpha value is -2.88. The van der Waals surface area contributed by atoms with Gasteiger partial charge >= 0.3 is 6.18 Å². The highest BCUT2D eigenvalue weighted by molar-refractivity contribution is 5.72. The molecule has 0 atom stereocenters. The summed E-state index contributed by atoms with van der Waals surface area (Å²) in [6.45, 7) is 11.0. The second-order valence-corrected chi connectivity index (χ2v) is 8.05. The maximum Gasteiger partial charge on any atom is 0.421 e. The first-order valence-electron chi connectivity index (χ1n) is 10.5. The van der Waals surface area contributed by atoms with Crippen molar-refractivity contribution < 1.29 is 18.0 Å². The molecule has 1 heterocycles. The van der Waals surface area contributed by atoms with Crippen LogP contribution in [0.15, 0.2) is 30.5 Å². The van der Waals surface area contributed by atoms with E-state index >= 15 is 0 Å². The largest absolute Gasteiger partial charge is 0.421 e. The lowest BCUT2D eigenvalue weighted by molar-refractivity contribution is -0.137. The maximum absolute atomic E-state index is 13.3. The zero-order chi connectivity index (χ0) is 23.9. The zero-order valence-electron chi connectivity index (χ0n) is 19.0. The minimum absolute atomic E-state index is 0.0405. The Balaban J connectivity index is 2.12. The first-order valence-corrected chi connectivity index (χ1v) is 10.5. The molecule has 0 aliphatic rings. The van der Waals surface area contributed by atoms with Crippen molar-refractivity contribution in [2.45, 2.75) is 59.4 Å². The summed E-state index contributed by atoms with van der Waals surface area (Å²) in [4.78, 5) is 21.1. The molecular formula is C22H31F3N6O. The standard InChI is InChI=1S/C22H31F3N6O/c1-14(2)31(15(3)4)13-17-6-8-18(9-7-17)29-21-28-12-19(22(23,24)25)20(30-21)27-11-10-26-16(5)32/h6-9,12,14-15H,10-11,13H2,1-5H3,(H,26,32)(H2,27,28,29,30). The van der Waals surface area contributed by atoms with Gasteiger partial charge in [0, 0.05) is 50.5 Å². The average molecular weight is 453 g/mol. The predicted octanol–water partition coefficient (Wildman–Crippen LogP) is 4.41. The van der Waals surface area contributed by atoms with Crippen LogP contribution in [0, 0.1) is 0 Å². The third-order valence-corrected chi connectivity index (χ3v) is 4.79. The molecule has 3 N–H and O–H groups in total. The van der Waals surface area contributed by atoms with E-state index in [4.69, 9.17) is 0 Å². The van der Waals surface area contributed by atoms with Crippen molar-refractivity contribution >= 4 is 23.4 Å². The Bertz CT molecular complexity index is 876. The number of nitrogens with zero attached hydrogens (tertiary/aromatic N) is 3. The molecule has 2 rings (SSSR count). The molecule has 0 bridgehead atoms. The number of alkyl halides is 3. The van der Waals surface area contributed by atoms with E-state index in [1.54, 1.807) is 0 Å². The van der Waals surface area contributed by atoms with Crippen molar-refractivity contribution in [1.82, 2.24) is 20.2 Å². The van der Waals surface area contributed by atoms with Crippen molar-refractivity contribution in [3.05, 3.63) is 41.6 Å². The molecule has 0 spiro atoms. The van der Waals surface area contributed by atoms with Crippen molar-refractivity contribution in [2.75, 3.05) is 23.7 Å². The number of amides is 1. The Labute approximate surface area is 186 Å². The number of hydrogen-bond acceptors (Lipinski definition) is 6. The average Bonchev–Trinajstić information content (AvgIpc) is 2.69. The summed E-state index contributed by atoms with van der Waals surface area (Å²) in [5.74, 6) is -0.568. The van der Waals surface area contributed by atoms with E-state index in [0.29, 0.717) is 17.8 Å². The molecule has 0 aliphatic heterocycles. The van der Waals surface area contributed by atoms with Crippen molar-refractivity contribution in [3.63, 3.8) is 0 Å². The number of halogens is 3. The topological polar surface area (TPSA) is 82.2 Å². The molecule has 32 heavy (non-hydrogen) atoms. The van der Waals surface area contributed by atoms with E-state index in [-0.39, 0.29) is 30.8 Å². The fourth-order valence-corrected chi connectivity index (χ4v) is 3.20. The molecule has 0 aliphatic carbocycles. The SMILES string of the molecule is CC(=O)NCCNc1nc(Nc2ccc(CN(C(C)C)C(C)C)cc2)ncc1C(F)(F)F. The Morgan fingerprint density at radius 2 is 1.69 bits per heavy atom. The van der Waals surface area contributed by atoms with E-state index < -0.39 is 11.7 Å². The third kappa shape index (κ3) is 7.67. The van der Waals surface area contributed by atoms with Gasteiger partial charge in [0.05, 0.1) is 0 Å². The number of rotatable bonds is 10. The minimum Gasteiger partial charge on any atom is -0.368 e. The van der Waals surface area contributed by atoms with E-state index in [1.807, 2.05) is 24.3 Å². The van der Waals surface area contributed by atoms with Gasteiger partial charge in [-0.25, -0.2) is 4.98 Å². The third-order valence-electron chi connectivity index (χ3n) is 4.79. The highest BCUT2D eigenvalue weighted by atomic mass is 19.4. The maximum atomic E-state index is 13.3. The molecule has 1 aromatic heterocycles. The van der Waals surface area contributed by atoms with Crippen LogP contribution in [0.5, 0.6) is 0 Å². The van der Waals surface area contributed by atoms with Crippen LogP contribution >= 0.6 is 0 Å². The quantitative estimate of drug-likeness (QED) is 0.464. The molecular weight excluding hydrogens is 421 g/mol. The molecule has 0 fully saturated rings. The summed E-state index contributed by atoms with van der Waals surface area (Å²) in [6, 6.07) is 8.45. The first-order chi connectivity index (χ1) is 15.0. The van der Waals surface area contributed by atoms with Crippen LogP contribution in [0.25, 0.3) is 0 Å². The summed E-state index contributed by atoms with van der Waals surface area (Å²) in [7, 11) is 0. The van der Waals surface area contributed by atoms with E-state index in [2.05, 4.69) is 58.5 Å². The van der Waals surface area contributed by atoms with Gasteiger partial charge in [-0.15, -0.1) is 0 Å². The highest BCUT2D eigenvalue weighted by Crippen LogP contribution is 2.34. The molecule has 176 valence electrons. The van der Waals surface area contributed by atoms with E-state index in [0.717, 1.165) is 18.3 Å². The van der Waals surface area contributed by atoms with E-state index in [1.165, 1.54) is 6.92 Å². The Morgan fingerprint density at radius 3 is 2.22 bits per heavy atom. The summed E-state index contributed by atoms with van der Waals surface area (Å²) >= 11 is 0. The van der Waals surface area contributed by atoms with Crippen LogP contribution in [-0.2, 0) is 17.5 Å². The number of nitrogens with one attached hydrogen (secondary N) is 3. The van der Waals surface area contributed by atoms with Gasteiger partial charge in [0.1, 0.15) is 11.4 Å². The fraction of sp³-hybridized carbons (Fsp3) is 0.500. The number of hydrogen-bond donors (Lipinski definition) is 3. The minimum atomic E-state index is -4.60. The molecule has 0 saturated heterocycles. The summed E-state index contributed by atoms with van der Waals surface area (Å²) < 4.78 is 39.9. The second kappa shape index (κ2) is 11.1. The van der Waals surface area contributed by atoms with Gasteiger partial charge in [0.25, 0.3) is 0 Å². The van der Waals surface area contributed by atoms with Crippen LogP contribution in [0.2, 0.25) is 0 Å². The molecule has 0 saturated carbocycles. The second-order valence-electron chi connectivity index (χ2n) is 8.05. The van der Waals surface area contributed by atoms with Crippen LogP contribution < -0.4 is 16.0 Å². The fourth-order valence-electron chi connectivity index (χ4n) is 3.20. The predicted molar refractivity (Wildman–Crippen MR) is 120 cm³/mol. The van der Waals surface area contributed by atoms with Crippen LogP contribution in [-0.4, -0.2) is 45.9 Å². The van der Waals surface area contributed by atoms with Gasteiger partial charge in [-0.2, -0.15) is 18.2 Å². The van der Waals surface area contributed by atoms with Crippen LogP contribution in [0.1, 0.15) is 45.7 Å². The molecule has 1 amide bonds. The smallest absolute Gasteiger partial charge is 0.368 e. The van der Waals surface area contributed by atoms with Crippen molar-refractivity contribution in [3.8, 4) is 0 Å². The van der Waals surface area contributed by atoms with Crippen LogP contribution in [0.4, 0.5) is 30.6 Å². The number of carbonyl (C=O) groups is 1. The normalized spacial score (nSPS) is 11.8. The lowest BCUT2D eigenvalue weighted by Crippen LogP contribution is -2.36. The summed E-state index contributed by atoms with van der Waals surface area (Å²) in [5, 5.41) is 8.08. The number of carbonyl (C=O) groups excluding carboxylic acids is 1. The summed E-state index contributed by atoms with van der Waals surface area (Å²) in [5.41, 5.74) is 0.827. The zero-order valence-corrected chi connectivity index (χ0v) is 19.0.